The van der Waals surface area contributed by atoms with Gasteiger partial charge in [-0.1, -0.05) is 18.2 Å². The molecule has 1 saturated carbocycles. The first-order valence-electron chi connectivity index (χ1n) is 14.1. The molecule has 1 unspecified atom stereocenters. The van der Waals surface area contributed by atoms with Crippen molar-refractivity contribution in [3.8, 4) is 11.1 Å². The van der Waals surface area contributed by atoms with Crippen molar-refractivity contribution in [1.82, 2.24) is 24.9 Å². The van der Waals surface area contributed by atoms with Crippen molar-refractivity contribution in [3.63, 3.8) is 0 Å². The lowest BCUT2D eigenvalue weighted by Gasteiger charge is -2.29. The van der Waals surface area contributed by atoms with E-state index in [4.69, 9.17) is 9.79 Å². The topological polar surface area (TPSA) is 161 Å². The van der Waals surface area contributed by atoms with Crippen LogP contribution in [0.15, 0.2) is 54.7 Å². The Hall–Kier alpha value is -4.16. The zero-order valence-corrected chi connectivity index (χ0v) is 25.2. The second-order valence-electron chi connectivity index (χ2n) is 11.5. The lowest BCUT2D eigenvalue weighted by atomic mass is 9.82. The molecule has 6 rings (SSSR count). The fraction of sp³-hybridized carbons (Fsp3) is 0.333. The largest absolute Gasteiger partial charge is 0.471 e. The van der Waals surface area contributed by atoms with E-state index >= 15 is 0 Å². The maximum absolute atomic E-state index is 14.4. The van der Waals surface area contributed by atoms with Crippen LogP contribution in [-0.4, -0.2) is 47.2 Å². The third-order valence-electron chi connectivity index (χ3n) is 8.66. The number of hydrogen-bond donors (Lipinski definition) is 4. The number of benzene rings is 2. The first kappa shape index (κ1) is 29.9. The molecule has 0 bridgehead atoms. The van der Waals surface area contributed by atoms with Crippen LogP contribution in [0.3, 0.4) is 0 Å². The predicted molar refractivity (Wildman–Crippen MR) is 158 cm³/mol. The van der Waals surface area contributed by atoms with Crippen LogP contribution >= 0.6 is 7.82 Å². The number of phosphoric ester groups is 1. The maximum atomic E-state index is 14.4. The Balaban J connectivity index is 1.27. The molecule has 4 aromatic rings. The second kappa shape index (κ2) is 11.1. The number of phosphoric acid groups is 1. The molecule has 2 atom stereocenters. The Morgan fingerprint density at radius 3 is 2.52 bits per heavy atom. The van der Waals surface area contributed by atoms with Crippen molar-refractivity contribution in [3.05, 3.63) is 88.8 Å². The van der Waals surface area contributed by atoms with Crippen molar-refractivity contribution in [2.75, 3.05) is 5.32 Å². The van der Waals surface area contributed by atoms with Gasteiger partial charge in [-0.25, -0.2) is 13.6 Å². The molecule has 2 heterocycles. The first-order valence-corrected chi connectivity index (χ1v) is 15.6. The number of anilines is 1. The summed E-state index contributed by atoms with van der Waals surface area (Å²) in [7, 11) is -3.02. The monoisotopic (exact) mass is 622 g/mol. The molecule has 230 valence electrons. The number of nitrogens with zero attached hydrogens (tertiary/aromatic N) is 4. The molecule has 0 aliphatic heterocycles. The molecule has 12 nitrogen and oxygen atoms in total. The van der Waals surface area contributed by atoms with E-state index in [1.807, 2.05) is 0 Å². The van der Waals surface area contributed by atoms with Crippen LogP contribution in [0, 0.1) is 25.1 Å². The molecular formula is C30H32FN6O6P. The Morgan fingerprint density at radius 1 is 1.16 bits per heavy atom. The van der Waals surface area contributed by atoms with Crippen LogP contribution in [0.5, 0.6) is 0 Å². The van der Waals surface area contributed by atoms with E-state index in [1.54, 1.807) is 57.3 Å². The van der Waals surface area contributed by atoms with Gasteiger partial charge in [-0.05, 0) is 85.5 Å². The number of aryl methyl sites for hydroxylation is 2. The number of carbonyl (C=O) groups is 2. The van der Waals surface area contributed by atoms with Gasteiger partial charge in [-0.15, -0.1) is 0 Å². The molecule has 2 amide bonds. The van der Waals surface area contributed by atoms with Gasteiger partial charge in [0, 0.05) is 36.1 Å². The Labute approximate surface area is 252 Å². The van der Waals surface area contributed by atoms with E-state index < -0.39 is 38.3 Å². The summed E-state index contributed by atoms with van der Waals surface area (Å²) < 4.78 is 33.0. The number of nitrogens with one attached hydrogen (secondary N) is 2. The van der Waals surface area contributed by atoms with Gasteiger partial charge in [0.05, 0.1) is 5.69 Å². The van der Waals surface area contributed by atoms with Crippen LogP contribution in [0.1, 0.15) is 51.8 Å². The Morgan fingerprint density at radius 2 is 1.89 bits per heavy atom. The lowest BCUT2D eigenvalue weighted by Crippen LogP contribution is -2.49. The summed E-state index contributed by atoms with van der Waals surface area (Å²) in [4.78, 5) is 45.4. The smallest absolute Gasteiger partial charge is 0.338 e. The molecule has 44 heavy (non-hydrogen) atoms. The Kier molecular flexibility index (Phi) is 7.53. The standard InChI is InChI=1S/C30H32FN6O6P/c1-17-25(18(2)37(35-17)16-43-44(40,41)42)19-5-8-22(9-6-19)33-29(39)27(34-28(38)24-10-13-32-36(24)3)26-23-14-21(31)7-4-20(23)15-30(26)11-12-30/h4-10,13-14,26-27H,11-12,15-16H2,1-3H3,(H,33,39)(H,34,38)(H2,40,41,42)/t26?,27-/m0/s1. The summed E-state index contributed by atoms with van der Waals surface area (Å²) in [6, 6.07) is 12.3. The number of amides is 2. The summed E-state index contributed by atoms with van der Waals surface area (Å²) in [5.74, 6) is -1.67. The zero-order chi connectivity index (χ0) is 31.4. The highest BCUT2D eigenvalue weighted by molar-refractivity contribution is 7.46. The first-order chi connectivity index (χ1) is 20.8. The van der Waals surface area contributed by atoms with Gasteiger partial charge in [0.1, 0.15) is 17.6 Å². The minimum Gasteiger partial charge on any atom is -0.338 e. The van der Waals surface area contributed by atoms with Crippen LogP contribution in [0.2, 0.25) is 0 Å². The molecule has 2 aromatic carbocycles. The molecule has 1 fully saturated rings. The predicted octanol–water partition coefficient (Wildman–Crippen LogP) is 3.96. The van der Waals surface area contributed by atoms with Crippen molar-refractivity contribution < 1.29 is 32.9 Å². The van der Waals surface area contributed by atoms with E-state index in [1.165, 1.54) is 27.7 Å². The molecule has 14 heteroatoms. The molecule has 2 aliphatic carbocycles. The summed E-state index contributed by atoms with van der Waals surface area (Å²) in [5, 5.41) is 14.3. The average Bonchev–Trinajstić information content (AvgIpc) is 3.33. The number of hydrogen-bond acceptors (Lipinski definition) is 6. The molecule has 2 aromatic heterocycles. The van der Waals surface area contributed by atoms with Gasteiger partial charge >= 0.3 is 7.82 Å². The van der Waals surface area contributed by atoms with Gasteiger partial charge in [-0.3, -0.25) is 18.8 Å². The molecular weight excluding hydrogens is 590 g/mol. The highest BCUT2D eigenvalue weighted by Crippen LogP contribution is 2.64. The van der Waals surface area contributed by atoms with E-state index in [0.29, 0.717) is 22.8 Å². The van der Waals surface area contributed by atoms with Gasteiger partial charge < -0.3 is 20.4 Å². The third-order valence-corrected chi connectivity index (χ3v) is 9.12. The SMILES string of the molecule is Cc1nn(COP(=O)(O)O)c(C)c1-c1ccc(NC(=O)[C@@H](NC(=O)c2ccnn2C)C2c3cc(F)ccc3CC23CC3)cc1. The molecule has 4 N–H and O–H groups in total. The summed E-state index contributed by atoms with van der Waals surface area (Å²) in [6.07, 6.45) is 3.98. The normalized spacial score (nSPS) is 17.4. The van der Waals surface area contributed by atoms with E-state index in [0.717, 1.165) is 41.5 Å². The van der Waals surface area contributed by atoms with Crippen LogP contribution < -0.4 is 10.6 Å². The van der Waals surface area contributed by atoms with Crippen LogP contribution in [0.25, 0.3) is 11.1 Å². The number of fused-ring (bicyclic) bond motifs is 1. The van der Waals surface area contributed by atoms with Gasteiger partial charge in [0.25, 0.3) is 5.91 Å². The van der Waals surface area contributed by atoms with Crippen molar-refractivity contribution in [2.24, 2.45) is 12.5 Å². The molecule has 1 spiro atoms. The third kappa shape index (κ3) is 5.71. The minimum atomic E-state index is -4.67. The summed E-state index contributed by atoms with van der Waals surface area (Å²) >= 11 is 0. The van der Waals surface area contributed by atoms with Gasteiger partial charge in [0.15, 0.2) is 6.73 Å². The fourth-order valence-corrected chi connectivity index (χ4v) is 6.70. The van der Waals surface area contributed by atoms with E-state index in [2.05, 4.69) is 25.4 Å². The second-order valence-corrected chi connectivity index (χ2v) is 12.8. The fourth-order valence-electron chi connectivity index (χ4n) is 6.44. The number of rotatable bonds is 9. The highest BCUT2D eigenvalue weighted by Gasteiger charge is 2.58. The van der Waals surface area contributed by atoms with Crippen molar-refractivity contribution in [2.45, 2.75) is 51.8 Å². The number of halogens is 1. The van der Waals surface area contributed by atoms with Gasteiger partial charge in [-0.2, -0.15) is 10.2 Å². The van der Waals surface area contributed by atoms with E-state index in [-0.39, 0.29) is 11.2 Å². The molecule has 0 saturated heterocycles. The molecule has 0 radical (unpaired) electrons. The van der Waals surface area contributed by atoms with Crippen LogP contribution in [0.4, 0.5) is 10.1 Å². The van der Waals surface area contributed by atoms with Crippen molar-refractivity contribution >= 4 is 25.3 Å². The Bertz CT molecular complexity index is 1810. The quantitative estimate of drug-likeness (QED) is 0.204. The number of aromatic nitrogens is 4. The number of carbonyl (C=O) groups excluding carboxylic acids is 2. The lowest BCUT2D eigenvalue weighted by molar-refractivity contribution is -0.118. The zero-order valence-electron chi connectivity index (χ0n) is 24.3. The van der Waals surface area contributed by atoms with E-state index in [9.17, 15) is 18.5 Å². The van der Waals surface area contributed by atoms with Crippen molar-refractivity contribution in [1.29, 1.82) is 0 Å². The maximum Gasteiger partial charge on any atom is 0.471 e. The van der Waals surface area contributed by atoms with Crippen LogP contribution in [-0.2, 0) is 34.1 Å². The molecule has 2 aliphatic rings. The minimum absolute atomic E-state index is 0.222. The summed E-state index contributed by atoms with van der Waals surface area (Å²) in [5.41, 5.74) is 5.12. The highest BCUT2D eigenvalue weighted by atomic mass is 31.2. The summed E-state index contributed by atoms with van der Waals surface area (Å²) in [6.45, 7) is 3.13. The van der Waals surface area contributed by atoms with Gasteiger partial charge in [0.2, 0.25) is 5.91 Å². The average molecular weight is 623 g/mol.